The molecule has 1 saturated heterocycles. The van der Waals surface area contributed by atoms with Gasteiger partial charge in [0, 0.05) is 45.5 Å². The highest BCUT2D eigenvalue weighted by atomic mass is 19.1. The number of rotatable bonds is 5. The van der Waals surface area contributed by atoms with Crippen molar-refractivity contribution in [2.45, 2.75) is 13.5 Å². The topological polar surface area (TPSA) is 84.3 Å². The molecule has 2 heterocycles. The van der Waals surface area contributed by atoms with E-state index in [1.165, 1.54) is 6.07 Å². The lowest BCUT2D eigenvalue weighted by Crippen LogP contribution is -2.46. The Kier molecular flexibility index (Phi) is 6.40. The van der Waals surface area contributed by atoms with Crippen LogP contribution in [0.1, 0.15) is 18.1 Å². The second-order valence-corrected chi connectivity index (χ2v) is 6.58. The van der Waals surface area contributed by atoms with Gasteiger partial charge < -0.3 is 10.2 Å². The van der Waals surface area contributed by atoms with Gasteiger partial charge in [-0.3, -0.25) is 10.2 Å². The average Bonchev–Trinajstić information content (AvgIpc) is 2.70. The van der Waals surface area contributed by atoms with E-state index in [0.29, 0.717) is 36.7 Å². The van der Waals surface area contributed by atoms with Crippen LogP contribution in [0.5, 0.6) is 0 Å². The van der Waals surface area contributed by atoms with Gasteiger partial charge in [-0.25, -0.2) is 14.2 Å². The van der Waals surface area contributed by atoms with Crippen molar-refractivity contribution >= 4 is 17.5 Å². The number of hydrogen-bond acceptors (Lipinski definition) is 5. The number of anilines is 2. The molecule has 3 rings (SSSR count). The minimum atomic E-state index is -0.355. The summed E-state index contributed by atoms with van der Waals surface area (Å²) in [6, 6.07) is 10.0. The van der Waals surface area contributed by atoms with Crippen LogP contribution >= 0.6 is 0 Å². The fraction of sp³-hybridized carbons (Fsp3) is 0.350. The fourth-order valence-corrected chi connectivity index (χ4v) is 3.15. The summed E-state index contributed by atoms with van der Waals surface area (Å²) in [6.07, 6.45) is 1.76. The predicted octanol–water partition coefficient (Wildman–Crippen LogP) is 2.56. The van der Waals surface area contributed by atoms with E-state index in [-0.39, 0.29) is 11.8 Å². The van der Waals surface area contributed by atoms with E-state index in [0.717, 1.165) is 25.2 Å². The number of pyridine rings is 1. The number of piperazine rings is 1. The first kappa shape index (κ1) is 19.6. The normalized spacial score (nSPS) is 14.4. The molecule has 1 fully saturated rings. The van der Waals surface area contributed by atoms with Crippen molar-refractivity contribution in [3.8, 4) is 6.07 Å². The molecule has 0 saturated carbocycles. The third-order valence-electron chi connectivity index (χ3n) is 4.60. The molecule has 0 atom stereocenters. The first-order valence-electron chi connectivity index (χ1n) is 9.25. The number of nitriles is 1. The summed E-state index contributed by atoms with van der Waals surface area (Å²) in [5, 5.41) is 14.2. The summed E-state index contributed by atoms with van der Waals surface area (Å²) in [5.74, 6) is 0.155. The second kappa shape index (κ2) is 9.15. The lowest BCUT2D eigenvalue weighted by molar-refractivity contribution is 0.249. The lowest BCUT2D eigenvalue weighted by atomic mass is 10.1. The summed E-state index contributed by atoms with van der Waals surface area (Å²) in [5.41, 5.74) is 1.93. The maximum atomic E-state index is 14.2. The highest BCUT2D eigenvalue weighted by molar-refractivity contribution is 5.88. The quantitative estimate of drug-likeness (QED) is 0.830. The van der Waals surface area contributed by atoms with Gasteiger partial charge in [0.05, 0.1) is 17.3 Å². The van der Waals surface area contributed by atoms with Crippen LogP contribution in [0.4, 0.5) is 20.7 Å². The lowest BCUT2D eigenvalue weighted by Gasteiger charge is -2.36. The first-order chi connectivity index (χ1) is 13.6. The van der Waals surface area contributed by atoms with Gasteiger partial charge in [0.15, 0.2) is 0 Å². The van der Waals surface area contributed by atoms with Crippen LogP contribution < -0.4 is 15.5 Å². The number of amides is 2. The summed E-state index contributed by atoms with van der Waals surface area (Å²) in [6.45, 7) is 6.20. The number of aromatic nitrogens is 1. The predicted molar refractivity (Wildman–Crippen MR) is 106 cm³/mol. The van der Waals surface area contributed by atoms with E-state index in [2.05, 4.69) is 20.5 Å². The van der Waals surface area contributed by atoms with E-state index in [1.54, 1.807) is 24.4 Å². The Morgan fingerprint density at radius 2 is 2.04 bits per heavy atom. The van der Waals surface area contributed by atoms with Crippen molar-refractivity contribution in [1.29, 1.82) is 5.26 Å². The van der Waals surface area contributed by atoms with E-state index in [1.807, 2.05) is 24.0 Å². The molecule has 0 unspecified atom stereocenters. The molecule has 2 aromatic rings. The molecule has 1 aliphatic heterocycles. The number of nitrogens with one attached hydrogen (secondary N) is 2. The molecule has 0 radical (unpaired) electrons. The third-order valence-corrected chi connectivity index (χ3v) is 4.60. The molecule has 1 aromatic heterocycles. The standard InChI is InChI=1S/C20H23FN6O/c1-2-23-20(28)25-19-6-4-16(13-24-19)14-26-7-9-27(10-8-26)18-5-3-15(12-22)11-17(18)21/h3-6,11,13H,2,7-10,14H2,1H3,(H2,23,24,25,28). The number of nitrogens with zero attached hydrogens (tertiary/aromatic N) is 4. The van der Waals surface area contributed by atoms with Gasteiger partial charge in [0.1, 0.15) is 11.6 Å². The Hall–Kier alpha value is -3.18. The highest BCUT2D eigenvalue weighted by Crippen LogP contribution is 2.22. The van der Waals surface area contributed by atoms with Crippen molar-refractivity contribution in [1.82, 2.24) is 15.2 Å². The van der Waals surface area contributed by atoms with Crippen molar-refractivity contribution in [2.75, 3.05) is 42.9 Å². The van der Waals surface area contributed by atoms with E-state index < -0.39 is 0 Å². The fourth-order valence-electron chi connectivity index (χ4n) is 3.15. The number of carbonyl (C=O) groups excluding carboxylic acids is 1. The monoisotopic (exact) mass is 382 g/mol. The minimum Gasteiger partial charge on any atom is -0.367 e. The second-order valence-electron chi connectivity index (χ2n) is 6.58. The number of benzene rings is 1. The largest absolute Gasteiger partial charge is 0.367 e. The molecule has 2 amide bonds. The molecule has 0 bridgehead atoms. The van der Waals surface area contributed by atoms with Crippen molar-refractivity contribution in [3.63, 3.8) is 0 Å². The highest BCUT2D eigenvalue weighted by Gasteiger charge is 2.20. The molecule has 28 heavy (non-hydrogen) atoms. The van der Waals surface area contributed by atoms with Crippen LogP contribution in [0.15, 0.2) is 36.5 Å². The molecule has 146 valence electrons. The van der Waals surface area contributed by atoms with Crippen LogP contribution in [0, 0.1) is 17.1 Å². The average molecular weight is 382 g/mol. The van der Waals surface area contributed by atoms with E-state index >= 15 is 0 Å². The van der Waals surface area contributed by atoms with Gasteiger partial charge in [-0.05, 0) is 36.8 Å². The summed E-state index contributed by atoms with van der Waals surface area (Å²) in [4.78, 5) is 20.1. The molecule has 1 aromatic carbocycles. The number of urea groups is 1. The zero-order chi connectivity index (χ0) is 19.9. The zero-order valence-electron chi connectivity index (χ0n) is 15.8. The van der Waals surface area contributed by atoms with E-state index in [9.17, 15) is 9.18 Å². The SMILES string of the molecule is CCNC(=O)Nc1ccc(CN2CCN(c3ccc(C#N)cc3F)CC2)cn1. The van der Waals surface area contributed by atoms with Gasteiger partial charge in [-0.1, -0.05) is 6.07 Å². The van der Waals surface area contributed by atoms with Crippen molar-refractivity contribution in [3.05, 3.63) is 53.5 Å². The summed E-state index contributed by atoms with van der Waals surface area (Å²) < 4.78 is 14.2. The van der Waals surface area contributed by atoms with Gasteiger partial charge in [0.25, 0.3) is 0 Å². The van der Waals surface area contributed by atoms with Gasteiger partial charge in [-0.2, -0.15) is 5.26 Å². The van der Waals surface area contributed by atoms with Gasteiger partial charge in [-0.15, -0.1) is 0 Å². The van der Waals surface area contributed by atoms with Crippen LogP contribution in [-0.2, 0) is 6.54 Å². The maximum absolute atomic E-state index is 14.2. The Morgan fingerprint density at radius 1 is 1.25 bits per heavy atom. The van der Waals surface area contributed by atoms with E-state index in [4.69, 9.17) is 5.26 Å². The number of hydrogen-bond donors (Lipinski definition) is 2. The molecule has 1 aliphatic rings. The third kappa shape index (κ3) is 4.96. The van der Waals surface area contributed by atoms with Crippen LogP contribution in [0.3, 0.4) is 0 Å². The van der Waals surface area contributed by atoms with Gasteiger partial charge in [0.2, 0.25) is 0 Å². The van der Waals surface area contributed by atoms with Gasteiger partial charge >= 0.3 is 6.03 Å². The molecule has 7 nitrogen and oxygen atoms in total. The molecular weight excluding hydrogens is 359 g/mol. The Morgan fingerprint density at radius 3 is 2.64 bits per heavy atom. The van der Waals surface area contributed by atoms with Crippen molar-refractivity contribution < 1.29 is 9.18 Å². The summed E-state index contributed by atoms with van der Waals surface area (Å²) in [7, 11) is 0. The first-order valence-corrected chi connectivity index (χ1v) is 9.25. The maximum Gasteiger partial charge on any atom is 0.320 e. The smallest absolute Gasteiger partial charge is 0.320 e. The number of halogens is 1. The molecule has 8 heteroatoms. The Balaban J connectivity index is 1.52. The Labute approximate surface area is 163 Å². The molecular formula is C20H23FN6O. The molecule has 2 N–H and O–H groups in total. The minimum absolute atomic E-state index is 0.270. The van der Waals surface area contributed by atoms with Crippen LogP contribution in [0.2, 0.25) is 0 Å². The van der Waals surface area contributed by atoms with Crippen LogP contribution in [0.25, 0.3) is 0 Å². The molecule has 0 aliphatic carbocycles. The van der Waals surface area contributed by atoms with Crippen LogP contribution in [-0.4, -0.2) is 48.6 Å². The zero-order valence-corrected chi connectivity index (χ0v) is 15.8. The van der Waals surface area contributed by atoms with Crippen molar-refractivity contribution in [2.24, 2.45) is 0 Å². The summed E-state index contributed by atoms with van der Waals surface area (Å²) >= 11 is 0. The number of carbonyl (C=O) groups is 1. The molecule has 0 spiro atoms. The Bertz CT molecular complexity index is 856.